The van der Waals surface area contributed by atoms with Gasteiger partial charge < -0.3 is 9.15 Å². The molecule has 0 fully saturated rings. The van der Waals surface area contributed by atoms with Crippen LogP contribution in [0.5, 0.6) is 0 Å². The van der Waals surface area contributed by atoms with Crippen molar-refractivity contribution in [2.45, 2.75) is 6.92 Å². The molecule has 1 aromatic carbocycles. The zero-order valence-electron chi connectivity index (χ0n) is 10.6. The van der Waals surface area contributed by atoms with Crippen LogP contribution in [0.15, 0.2) is 51.5 Å². The number of benzene rings is 1. The number of carbonyl (C=O) groups is 1. The van der Waals surface area contributed by atoms with Gasteiger partial charge in [0.25, 0.3) is 0 Å². The lowest BCUT2D eigenvalue weighted by Gasteiger charge is -1.98. The van der Waals surface area contributed by atoms with Crippen molar-refractivity contribution in [2.75, 3.05) is 0 Å². The standard InChI is InChI=1S/C15H10FNO3/c1-9-5-6-12(19-9)8-13-15(18)20-14(17-13)10-3-2-4-11(16)7-10/h2-8H,1H3/b13-8-. The van der Waals surface area contributed by atoms with Gasteiger partial charge in [-0.05, 0) is 37.3 Å². The Balaban J connectivity index is 1.94. The summed E-state index contributed by atoms with van der Waals surface area (Å²) in [6, 6.07) is 9.22. The fourth-order valence-corrected chi connectivity index (χ4v) is 1.82. The second-order valence-corrected chi connectivity index (χ2v) is 4.29. The molecule has 0 amide bonds. The van der Waals surface area contributed by atoms with Crippen molar-refractivity contribution in [3.63, 3.8) is 0 Å². The van der Waals surface area contributed by atoms with Gasteiger partial charge in [-0.3, -0.25) is 0 Å². The van der Waals surface area contributed by atoms with Crippen LogP contribution >= 0.6 is 0 Å². The van der Waals surface area contributed by atoms with Gasteiger partial charge in [-0.25, -0.2) is 14.2 Å². The van der Waals surface area contributed by atoms with E-state index in [1.165, 1.54) is 24.3 Å². The molecular weight excluding hydrogens is 261 g/mol. The van der Waals surface area contributed by atoms with Crippen LogP contribution in [0, 0.1) is 12.7 Å². The number of furan rings is 1. The predicted octanol–water partition coefficient (Wildman–Crippen LogP) is 3.07. The van der Waals surface area contributed by atoms with E-state index < -0.39 is 11.8 Å². The number of rotatable bonds is 2. The summed E-state index contributed by atoms with van der Waals surface area (Å²) in [5.41, 5.74) is 0.538. The van der Waals surface area contributed by atoms with E-state index in [1.807, 2.05) is 0 Å². The Kier molecular flexibility index (Phi) is 2.95. The van der Waals surface area contributed by atoms with E-state index in [4.69, 9.17) is 9.15 Å². The molecule has 0 aliphatic carbocycles. The monoisotopic (exact) mass is 271 g/mol. The van der Waals surface area contributed by atoms with Gasteiger partial charge in [-0.2, -0.15) is 0 Å². The summed E-state index contributed by atoms with van der Waals surface area (Å²) in [6.07, 6.45) is 1.49. The van der Waals surface area contributed by atoms with Gasteiger partial charge in [0.05, 0.1) is 0 Å². The van der Waals surface area contributed by atoms with E-state index in [1.54, 1.807) is 25.1 Å². The first kappa shape index (κ1) is 12.3. The molecule has 1 aromatic heterocycles. The van der Waals surface area contributed by atoms with Crippen LogP contribution in [-0.2, 0) is 9.53 Å². The van der Waals surface area contributed by atoms with Gasteiger partial charge >= 0.3 is 5.97 Å². The van der Waals surface area contributed by atoms with E-state index in [2.05, 4.69) is 4.99 Å². The van der Waals surface area contributed by atoms with E-state index >= 15 is 0 Å². The summed E-state index contributed by atoms with van der Waals surface area (Å²) >= 11 is 0. The lowest BCUT2D eigenvalue weighted by Crippen LogP contribution is -2.05. The molecule has 0 saturated carbocycles. The van der Waals surface area contributed by atoms with Gasteiger partial charge in [-0.15, -0.1) is 0 Å². The van der Waals surface area contributed by atoms with Crippen molar-refractivity contribution in [1.29, 1.82) is 0 Å². The number of hydrogen-bond donors (Lipinski definition) is 0. The second kappa shape index (κ2) is 4.77. The number of ether oxygens (including phenoxy) is 1. The Morgan fingerprint density at radius 1 is 1.25 bits per heavy atom. The summed E-state index contributed by atoms with van der Waals surface area (Å²) in [4.78, 5) is 15.8. The average Bonchev–Trinajstić information content (AvgIpc) is 2.97. The molecule has 5 heteroatoms. The largest absolute Gasteiger partial charge is 0.462 e. The van der Waals surface area contributed by atoms with E-state index in [-0.39, 0.29) is 11.6 Å². The number of aliphatic imine (C=N–C) groups is 1. The van der Waals surface area contributed by atoms with Crippen molar-refractivity contribution < 1.29 is 18.3 Å². The first-order chi connectivity index (χ1) is 9.61. The zero-order valence-corrected chi connectivity index (χ0v) is 10.6. The maximum atomic E-state index is 13.1. The van der Waals surface area contributed by atoms with E-state index in [0.29, 0.717) is 11.3 Å². The first-order valence-corrected chi connectivity index (χ1v) is 5.97. The molecule has 0 N–H and O–H groups in total. The molecule has 20 heavy (non-hydrogen) atoms. The molecule has 0 atom stereocenters. The molecule has 0 bridgehead atoms. The molecule has 2 heterocycles. The van der Waals surface area contributed by atoms with E-state index in [9.17, 15) is 9.18 Å². The number of carbonyl (C=O) groups excluding carboxylic acids is 1. The Bertz CT molecular complexity index is 743. The molecule has 0 radical (unpaired) electrons. The van der Waals surface area contributed by atoms with Crippen LogP contribution in [0.4, 0.5) is 4.39 Å². The third-order valence-corrected chi connectivity index (χ3v) is 2.73. The van der Waals surface area contributed by atoms with Crippen LogP contribution < -0.4 is 0 Å². The molecule has 0 saturated heterocycles. The van der Waals surface area contributed by atoms with Gasteiger partial charge in [0.15, 0.2) is 5.70 Å². The lowest BCUT2D eigenvalue weighted by molar-refractivity contribution is -0.129. The number of cyclic esters (lactones) is 1. The molecule has 3 rings (SSSR count). The summed E-state index contributed by atoms with van der Waals surface area (Å²) < 4.78 is 23.5. The Labute approximate surface area is 114 Å². The smallest absolute Gasteiger partial charge is 0.363 e. The number of halogens is 1. The van der Waals surface area contributed by atoms with Crippen LogP contribution in [0.1, 0.15) is 17.1 Å². The van der Waals surface area contributed by atoms with Crippen molar-refractivity contribution in [3.8, 4) is 0 Å². The molecule has 2 aromatic rings. The normalized spacial score (nSPS) is 16.4. The molecule has 100 valence electrons. The quantitative estimate of drug-likeness (QED) is 0.623. The fraction of sp³-hybridized carbons (Fsp3) is 0.0667. The molecule has 1 aliphatic heterocycles. The minimum Gasteiger partial charge on any atom is -0.462 e. The Hall–Kier alpha value is -2.69. The van der Waals surface area contributed by atoms with Crippen LogP contribution in [0.2, 0.25) is 0 Å². The van der Waals surface area contributed by atoms with Crippen molar-refractivity contribution in [2.24, 2.45) is 4.99 Å². The number of aryl methyl sites for hydroxylation is 1. The summed E-state index contributed by atoms with van der Waals surface area (Å²) in [7, 11) is 0. The van der Waals surface area contributed by atoms with Crippen molar-refractivity contribution >= 4 is 17.9 Å². The maximum absolute atomic E-state index is 13.1. The molecule has 1 aliphatic rings. The number of esters is 1. The lowest BCUT2D eigenvalue weighted by atomic mass is 10.2. The van der Waals surface area contributed by atoms with Gasteiger partial charge in [0.1, 0.15) is 17.3 Å². The molecule has 4 nitrogen and oxygen atoms in total. The van der Waals surface area contributed by atoms with Crippen LogP contribution in [0.3, 0.4) is 0 Å². The summed E-state index contributed by atoms with van der Waals surface area (Å²) in [5.74, 6) is 0.332. The van der Waals surface area contributed by atoms with Crippen molar-refractivity contribution in [1.82, 2.24) is 0 Å². The third-order valence-electron chi connectivity index (χ3n) is 2.73. The van der Waals surface area contributed by atoms with Crippen LogP contribution in [-0.4, -0.2) is 11.9 Å². The molecular formula is C15H10FNO3. The topological polar surface area (TPSA) is 51.8 Å². The SMILES string of the molecule is Cc1ccc(/C=C2\N=C(c3cccc(F)c3)OC2=O)o1. The van der Waals surface area contributed by atoms with Gasteiger partial charge in [-0.1, -0.05) is 6.07 Å². The number of nitrogens with zero attached hydrogens (tertiary/aromatic N) is 1. The average molecular weight is 271 g/mol. The summed E-state index contributed by atoms with van der Waals surface area (Å²) in [6.45, 7) is 1.80. The number of hydrogen-bond acceptors (Lipinski definition) is 4. The Morgan fingerprint density at radius 2 is 2.10 bits per heavy atom. The second-order valence-electron chi connectivity index (χ2n) is 4.29. The van der Waals surface area contributed by atoms with Gasteiger partial charge in [0.2, 0.25) is 5.90 Å². The highest BCUT2D eigenvalue weighted by atomic mass is 19.1. The zero-order chi connectivity index (χ0) is 14.1. The maximum Gasteiger partial charge on any atom is 0.363 e. The highest BCUT2D eigenvalue weighted by Crippen LogP contribution is 2.20. The first-order valence-electron chi connectivity index (χ1n) is 5.97. The minimum atomic E-state index is -0.585. The highest BCUT2D eigenvalue weighted by Gasteiger charge is 2.24. The minimum absolute atomic E-state index is 0.0871. The van der Waals surface area contributed by atoms with Crippen molar-refractivity contribution in [3.05, 3.63) is 65.0 Å². The Morgan fingerprint density at radius 3 is 2.80 bits per heavy atom. The molecule has 0 unspecified atom stereocenters. The highest BCUT2D eigenvalue weighted by molar-refractivity contribution is 6.12. The fourth-order valence-electron chi connectivity index (χ4n) is 1.82. The summed E-state index contributed by atoms with van der Waals surface area (Å²) in [5, 5.41) is 0. The van der Waals surface area contributed by atoms with Gasteiger partial charge in [0, 0.05) is 11.6 Å². The van der Waals surface area contributed by atoms with Crippen LogP contribution in [0.25, 0.3) is 6.08 Å². The molecule has 0 spiro atoms. The third kappa shape index (κ3) is 2.38. The van der Waals surface area contributed by atoms with E-state index in [0.717, 1.165) is 5.76 Å². The predicted molar refractivity (Wildman–Crippen MR) is 70.5 cm³/mol.